The molecule has 106 valence electrons. The largest absolute Gasteiger partial charge is 0.465 e. The summed E-state index contributed by atoms with van der Waals surface area (Å²) in [7, 11) is -3.36. The fourth-order valence-corrected chi connectivity index (χ4v) is 4.30. The van der Waals surface area contributed by atoms with Crippen LogP contribution < -0.4 is 0 Å². The van der Waals surface area contributed by atoms with Gasteiger partial charge in [0.05, 0.1) is 11.9 Å². The minimum absolute atomic E-state index is 0.164. The Balaban J connectivity index is 2.69. The molecule has 0 aromatic heterocycles. The predicted octanol–water partition coefficient (Wildman–Crippen LogP) is 1.53. The van der Waals surface area contributed by atoms with Crippen molar-refractivity contribution in [3.05, 3.63) is 0 Å². The molecule has 0 saturated heterocycles. The van der Waals surface area contributed by atoms with Gasteiger partial charge in [-0.05, 0) is 19.8 Å². The molecular formula is C12H23NO4S. The molecule has 0 spiro atoms. The number of sulfonamides is 1. The molecule has 0 aromatic carbocycles. The Morgan fingerprint density at radius 2 is 1.83 bits per heavy atom. The molecule has 0 radical (unpaired) electrons. The van der Waals surface area contributed by atoms with E-state index in [1.54, 1.807) is 13.8 Å². The summed E-state index contributed by atoms with van der Waals surface area (Å²) in [4.78, 5) is 11.4. The Morgan fingerprint density at radius 3 is 2.33 bits per heavy atom. The summed E-state index contributed by atoms with van der Waals surface area (Å²) in [6.45, 7) is 3.89. The minimum Gasteiger partial charge on any atom is -0.465 e. The number of carbonyl (C=O) groups is 1. The fourth-order valence-electron chi connectivity index (χ4n) is 2.31. The molecule has 1 rings (SSSR count). The van der Waals surface area contributed by atoms with Gasteiger partial charge in [-0.25, -0.2) is 8.42 Å². The molecule has 0 aromatic rings. The Hall–Kier alpha value is -0.620. The lowest BCUT2D eigenvalue weighted by molar-refractivity contribution is -0.143. The second kappa shape index (κ2) is 7.09. The van der Waals surface area contributed by atoms with Gasteiger partial charge in [0.25, 0.3) is 0 Å². The molecule has 5 nitrogen and oxygen atoms in total. The van der Waals surface area contributed by atoms with Crippen molar-refractivity contribution in [2.45, 2.75) is 51.2 Å². The van der Waals surface area contributed by atoms with Crippen molar-refractivity contribution < 1.29 is 17.9 Å². The molecule has 1 aliphatic rings. The van der Waals surface area contributed by atoms with Crippen LogP contribution in [0.2, 0.25) is 0 Å². The summed E-state index contributed by atoms with van der Waals surface area (Å²) in [5.41, 5.74) is 0. The van der Waals surface area contributed by atoms with Crippen molar-refractivity contribution in [3.8, 4) is 0 Å². The molecule has 1 aliphatic carbocycles. The maximum Gasteiger partial charge on any atom is 0.321 e. The van der Waals surface area contributed by atoms with E-state index < -0.39 is 16.0 Å². The molecule has 1 fully saturated rings. The molecule has 0 N–H and O–H groups in total. The monoisotopic (exact) mass is 277 g/mol. The van der Waals surface area contributed by atoms with E-state index in [0.29, 0.717) is 19.4 Å². The number of nitrogens with zero attached hydrogens (tertiary/aromatic N) is 1. The summed E-state index contributed by atoms with van der Waals surface area (Å²) in [5.74, 6) is -0.473. The van der Waals surface area contributed by atoms with Gasteiger partial charge >= 0.3 is 5.97 Å². The average molecular weight is 277 g/mol. The SMILES string of the molecule is CCOC(=O)CN(CC)S(=O)(=O)C1CCCCC1. The van der Waals surface area contributed by atoms with E-state index in [0.717, 1.165) is 19.3 Å². The number of hydrogen-bond donors (Lipinski definition) is 0. The van der Waals surface area contributed by atoms with Crippen molar-refractivity contribution in [1.29, 1.82) is 0 Å². The van der Waals surface area contributed by atoms with E-state index in [4.69, 9.17) is 4.74 Å². The highest BCUT2D eigenvalue weighted by Crippen LogP contribution is 2.25. The van der Waals surface area contributed by atoms with Gasteiger partial charge in [-0.2, -0.15) is 4.31 Å². The molecule has 18 heavy (non-hydrogen) atoms. The lowest BCUT2D eigenvalue weighted by Gasteiger charge is -2.28. The first-order chi connectivity index (χ1) is 8.52. The van der Waals surface area contributed by atoms with Gasteiger partial charge in [0.1, 0.15) is 6.54 Å². The Labute approximate surface area is 110 Å². The predicted molar refractivity (Wildman–Crippen MR) is 69.7 cm³/mol. The van der Waals surface area contributed by atoms with Crippen LogP contribution >= 0.6 is 0 Å². The van der Waals surface area contributed by atoms with Gasteiger partial charge in [-0.15, -0.1) is 0 Å². The molecule has 1 saturated carbocycles. The first-order valence-electron chi connectivity index (χ1n) is 6.67. The maximum atomic E-state index is 12.4. The van der Waals surface area contributed by atoms with E-state index in [2.05, 4.69) is 0 Å². The van der Waals surface area contributed by atoms with E-state index >= 15 is 0 Å². The Bertz CT molecular complexity index is 360. The highest BCUT2D eigenvalue weighted by molar-refractivity contribution is 7.89. The quantitative estimate of drug-likeness (QED) is 0.691. The lowest BCUT2D eigenvalue weighted by Crippen LogP contribution is -2.42. The lowest BCUT2D eigenvalue weighted by atomic mass is 10.0. The zero-order valence-corrected chi connectivity index (χ0v) is 12.0. The smallest absolute Gasteiger partial charge is 0.321 e. The topological polar surface area (TPSA) is 63.7 Å². The summed E-state index contributed by atoms with van der Waals surface area (Å²) in [6.07, 6.45) is 4.45. The molecular weight excluding hydrogens is 254 g/mol. The van der Waals surface area contributed by atoms with Crippen LogP contribution in [-0.4, -0.2) is 43.6 Å². The molecule has 0 bridgehead atoms. The van der Waals surface area contributed by atoms with E-state index in [-0.39, 0.29) is 18.4 Å². The van der Waals surface area contributed by atoms with Gasteiger partial charge in [0, 0.05) is 6.54 Å². The van der Waals surface area contributed by atoms with Gasteiger partial charge in [0.2, 0.25) is 10.0 Å². The average Bonchev–Trinajstić information content (AvgIpc) is 2.37. The van der Waals surface area contributed by atoms with Crippen LogP contribution in [-0.2, 0) is 19.6 Å². The summed E-state index contributed by atoms with van der Waals surface area (Å²) < 4.78 is 30.8. The fraction of sp³-hybridized carbons (Fsp3) is 0.917. The number of ether oxygens (including phenoxy) is 1. The molecule has 0 heterocycles. The minimum atomic E-state index is -3.36. The highest BCUT2D eigenvalue weighted by Gasteiger charge is 2.33. The Morgan fingerprint density at radius 1 is 1.22 bits per heavy atom. The molecule has 6 heteroatoms. The third-order valence-electron chi connectivity index (χ3n) is 3.30. The second-order valence-electron chi connectivity index (χ2n) is 4.54. The molecule has 0 unspecified atom stereocenters. The number of likely N-dealkylation sites (N-methyl/N-ethyl adjacent to an activating group) is 1. The molecule has 0 atom stereocenters. The standard InChI is InChI=1S/C12H23NO4S/c1-3-13(10-12(14)17-4-2)18(15,16)11-8-6-5-7-9-11/h11H,3-10H2,1-2H3. The first kappa shape index (κ1) is 15.4. The zero-order valence-electron chi connectivity index (χ0n) is 11.2. The highest BCUT2D eigenvalue weighted by atomic mass is 32.2. The molecule has 0 aliphatic heterocycles. The zero-order chi connectivity index (χ0) is 13.6. The van der Waals surface area contributed by atoms with Gasteiger partial charge in [0.15, 0.2) is 0 Å². The van der Waals surface area contributed by atoms with Crippen LogP contribution in [0.3, 0.4) is 0 Å². The van der Waals surface area contributed by atoms with Crippen molar-refractivity contribution in [2.24, 2.45) is 0 Å². The van der Waals surface area contributed by atoms with E-state index in [1.165, 1.54) is 4.31 Å². The van der Waals surface area contributed by atoms with Crippen LogP contribution in [0.25, 0.3) is 0 Å². The first-order valence-corrected chi connectivity index (χ1v) is 8.17. The van der Waals surface area contributed by atoms with Crippen molar-refractivity contribution in [3.63, 3.8) is 0 Å². The van der Waals surface area contributed by atoms with E-state index in [1.807, 2.05) is 0 Å². The van der Waals surface area contributed by atoms with Gasteiger partial charge in [-0.1, -0.05) is 26.2 Å². The third-order valence-corrected chi connectivity index (χ3v) is 5.72. The summed E-state index contributed by atoms with van der Waals surface area (Å²) in [5, 5.41) is -0.319. The van der Waals surface area contributed by atoms with Crippen LogP contribution in [0.5, 0.6) is 0 Å². The number of hydrogen-bond acceptors (Lipinski definition) is 4. The summed E-state index contributed by atoms with van der Waals surface area (Å²) >= 11 is 0. The normalized spacial score (nSPS) is 17.9. The third kappa shape index (κ3) is 3.95. The van der Waals surface area contributed by atoms with Crippen molar-refractivity contribution >= 4 is 16.0 Å². The number of esters is 1. The second-order valence-corrected chi connectivity index (χ2v) is 6.75. The van der Waals surface area contributed by atoms with Crippen LogP contribution in [0.15, 0.2) is 0 Å². The number of carbonyl (C=O) groups excluding carboxylic acids is 1. The van der Waals surface area contributed by atoms with Crippen LogP contribution in [0.4, 0.5) is 0 Å². The van der Waals surface area contributed by atoms with Crippen molar-refractivity contribution in [1.82, 2.24) is 4.31 Å². The number of rotatable bonds is 6. The molecule has 0 amide bonds. The summed E-state index contributed by atoms with van der Waals surface area (Å²) in [6, 6.07) is 0. The van der Waals surface area contributed by atoms with Crippen LogP contribution in [0, 0.1) is 0 Å². The van der Waals surface area contributed by atoms with Gasteiger partial charge < -0.3 is 4.74 Å². The van der Waals surface area contributed by atoms with Crippen molar-refractivity contribution in [2.75, 3.05) is 19.7 Å². The van der Waals surface area contributed by atoms with E-state index in [9.17, 15) is 13.2 Å². The van der Waals surface area contributed by atoms with Gasteiger partial charge in [-0.3, -0.25) is 4.79 Å². The van der Waals surface area contributed by atoms with Crippen LogP contribution in [0.1, 0.15) is 46.0 Å². The maximum absolute atomic E-state index is 12.4. The Kier molecular flexibility index (Phi) is 6.08.